The standard InChI is InChI=1S/C13H24N2O2/c1-3-11-13(16)15(12(4-2)14-11)8-7-10-6-5-9-17-10/h10-12,14H,3-9H2,1-2H3. The van der Waals surface area contributed by atoms with Crippen LogP contribution in [0.25, 0.3) is 0 Å². The third kappa shape index (κ3) is 2.80. The van der Waals surface area contributed by atoms with Crippen LogP contribution in [0.1, 0.15) is 46.0 Å². The molecule has 0 saturated carbocycles. The van der Waals surface area contributed by atoms with Crippen LogP contribution in [0, 0.1) is 0 Å². The number of nitrogens with one attached hydrogen (secondary N) is 1. The van der Waals surface area contributed by atoms with Crippen molar-refractivity contribution < 1.29 is 9.53 Å². The Bertz CT molecular complexity index is 264. The summed E-state index contributed by atoms with van der Waals surface area (Å²) in [7, 11) is 0. The van der Waals surface area contributed by atoms with Crippen LogP contribution in [0.5, 0.6) is 0 Å². The van der Waals surface area contributed by atoms with E-state index in [9.17, 15) is 4.79 Å². The van der Waals surface area contributed by atoms with E-state index in [1.807, 2.05) is 4.90 Å². The molecule has 0 spiro atoms. The number of amides is 1. The second kappa shape index (κ2) is 5.83. The van der Waals surface area contributed by atoms with Gasteiger partial charge in [-0.1, -0.05) is 13.8 Å². The Morgan fingerprint density at radius 3 is 2.82 bits per heavy atom. The third-order valence-electron chi connectivity index (χ3n) is 3.86. The number of carbonyl (C=O) groups excluding carboxylic acids is 1. The van der Waals surface area contributed by atoms with E-state index in [-0.39, 0.29) is 18.1 Å². The van der Waals surface area contributed by atoms with Gasteiger partial charge in [-0.05, 0) is 32.1 Å². The highest BCUT2D eigenvalue weighted by molar-refractivity contribution is 5.84. The molecule has 0 aromatic heterocycles. The fraction of sp³-hybridized carbons (Fsp3) is 0.923. The van der Waals surface area contributed by atoms with Crippen molar-refractivity contribution in [2.45, 2.75) is 64.3 Å². The minimum absolute atomic E-state index is 0.0319. The molecule has 1 amide bonds. The first kappa shape index (κ1) is 12.8. The van der Waals surface area contributed by atoms with Crippen LogP contribution in [-0.4, -0.2) is 42.3 Å². The Morgan fingerprint density at radius 2 is 2.24 bits per heavy atom. The van der Waals surface area contributed by atoms with Gasteiger partial charge in [0.25, 0.3) is 0 Å². The van der Waals surface area contributed by atoms with Crippen LogP contribution < -0.4 is 5.32 Å². The van der Waals surface area contributed by atoms with Crippen molar-refractivity contribution in [3.05, 3.63) is 0 Å². The topological polar surface area (TPSA) is 41.6 Å². The largest absolute Gasteiger partial charge is 0.378 e. The van der Waals surface area contributed by atoms with Crippen LogP contribution in [-0.2, 0) is 9.53 Å². The smallest absolute Gasteiger partial charge is 0.241 e. The molecule has 2 rings (SSSR count). The lowest BCUT2D eigenvalue weighted by molar-refractivity contribution is -0.130. The summed E-state index contributed by atoms with van der Waals surface area (Å²) in [5.41, 5.74) is 0. The number of ether oxygens (including phenoxy) is 1. The van der Waals surface area contributed by atoms with Crippen LogP contribution in [0.4, 0.5) is 0 Å². The zero-order valence-corrected chi connectivity index (χ0v) is 10.9. The van der Waals surface area contributed by atoms with Gasteiger partial charge in [0, 0.05) is 13.2 Å². The molecule has 0 radical (unpaired) electrons. The van der Waals surface area contributed by atoms with E-state index >= 15 is 0 Å². The lowest BCUT2D eigenvalue weighted by Crippen LogP contribution is -2.38. The molecule has 2 aliphatic heterocycles. The molecule has 0 aromatic carbocycles. The summed E-state index contributed by atoms with van der Waals surface area (Å²) in [4.78, 5) is 14.1. The molecule has 2 saturated heterocycles. The minimum atomic E-state index is 0.0319. The molecule has 2 heterocycles. The molecule has 3 unspecified atom stereocenters. The molecular weight excluding hydrogens is 216 g/mol. The lowest BCUT2D eigenvalue weighted by Gasteiger charge is -2.24. The first-order chi connectivity index (χ1) is 8.26. The van der Waals surface area contributed by atoms with Gasteiger partial charge in [0.2, 0.25) is 5.91 Å². The summed E-state index contributed by atoms with van der Waals surface area (Å²) in [6.07, 6.45) is 5.78. The van der Waals surface area contributed by atoms with Crippen molar-refractivity contribution in [1.82, 2.24) is 10.2 Å². The molecule has 98 valence electrons. The fourth-order valence-electron chi connectivity index (χ4n) is 2.80. The number of hydrogen-bond donors (Lipinski definition) is 1. The van der Waals surface area contributed by atoms with Crippen molar-refractivity contribution in [3.8, 4) is 0 Å². The van der Waals surface area contributed by atoms with Gasteiger partial charge in [-0.3, -0.25) is 10.1 Å². The van der Waals surface area contributed by atoms with Gasteiger partial charge in [0.1, 0.15) is 0 Å². The number of rotatable bonds is 5. The second-order valence-electron chi connectivity index (χ2n) is 5.01. The van der Waals surface area contributed by atoms with Crippen LogP contribution >= 0.6 is 0 Å². The quantitative estimate of drug-likeness (QED) is 0.792. The highest BCUT2D eigenvalue weighted by atomic mass is 16.5. The van der Waals surface area contributed by atoms with Gasteiger partial charge in [-0.25, -0.2) is 0 Å². The van der Waals surface area contributed by atoms with E-state index in [2.05, 4.69) is 19.2 Å². The van der Waals surface area contributed by atoms with Crippen molar-refractivity contribution in [1.29, 1.82) is 0 Å². The molecule has 17 heavy (non-hydrogen) atoms. The van der Waals surface area contributed by atoms with Crippen molar-refractivity contribution >= 4 is 5.91 Å². The Labute approximate surface area is 104 Å². The summed E-state index contributed by atoms with van der Waals surface area (Å²) in [6.45, 7) is 5.92. The molecule has 0 bridgehead atoms. The molecule has 1 N–H and O–H groups in total. The Kier molecular flexibility index (Phi) is 4.40. The predicted octanol–water partition coefficient (Wildman–Crippen LogP) is 1.50. The molecular formula is C13H24N2O2. The van der Waals surface area contributed by atoms with Crippen LogP contribution in [0.15, 0.2) is 0 Å². The molecule has 0 aliphatic carbocycles. The van der Waals surface area contributed by atoms with E-state index in [1.54, 1.807) is 0 Å². The van der Waals surface area contributed by atoms with Crippen molar-refractivity contribution in [2.24, 2.45) is 0 Å². The third-order valence-corrected chi connectivity index (χ3v) is 3.86. The molecule has 0 aromatic rings. The van der Waals surface area contributed by atoms with E-state index in [1.165, 1.54) is 6.42 Å². The van der Waals surface area contributed by atoms with Crippen LogP contribution in [0.3, 0.4) is 0 Å². The molecule has 4 heteroatoms. The maximum absolute atomic E-state index is 12.1. The van der Waals surface area contributed by atoms with Gasteiger partial charge in [-0.2, -0.15) is 0 Å². The van der Waals surface area contributed by atoms with Crippen LogP contribution in [0.2, 0.25) is 0 Å². The first-order valence-corrected chi connectivity index (χ1v) is 6.94. The molecule has 3 atom stereocenters. The summed E-state index contributed by atoms with van der Waals surface area (Å²) in [5, 5.41) is 3.40. The Morgan fingerprint density at radius 1 is 1.41 bits per heavy atom. The summed E-state index contributed by atoms with van der Waals surface area (Å²) >= 11 is 0. The lowest BCUT2D eigenvalue weighted by atomic mass is 10.1. The Hall–Kier alpha value is -0.610. The number of carbonyl (C=O) groups is 1. The van der Waals surface area contributed by atoms with Gasteiger partial charge in [0.05, 0.1) is 18.3 Å². The average Bonchev–Trinajstić information content (AvgIpc) is 2.94. The Balaban J connectivity index is 1.86. The second-order valence-corrected chi connectivity index (χ2v) is 5.01. The molecule has 2 aliphatic rings. The summed E-state index contributed by atoms with van der Waals surface area (Å²) in [6, 6.07) is 0.0319. The average molecular weight is 240 g/mol. The van der Waals surface area contributed by atoms with Gasteiger partial charge in [0.15, 0.2) is 0 Å². The van der Waals surface area contributed by atoms with Gasteiger partial charge < -0.3 is 9.64 Å². The van der Waals surface area contributed by atoms with Gasteiger partial charge >= 0.3 is 0 Å². The van der Waals surface area contributed by atoms with Crippen molar-refractivity contribution in [3.63, 3.8) is 0 Å². The van der Waals surface area contributed by atoms with E-state index < -0.39 is 0 Å². The highest BCUT2D eigenvalue weighted by Crippen LogP contribution is 2.20. The van der Waals surface area contributed by atoms with E-state index in [4.69, 9.17) is 4.74 Å². The highest BCUT2D eigenvalue weighted by Gasteiger charge is 2.36. The minimum Gasteiger partial charge on any atom is -0.378 e. The fourth-order valence-corrected chi connectivity index (χ4v) is 2.80. The van der Waals surface area contributed by atoms with Gasteiger partial charge in [-0.15, -0.1) is 0 Å². The normalized spacial score (nSPS) is 33.6. The van der Waals surface area contributed by atoms with E-state index in [0.29, 0.717) is 6.10 Å². The maximum Gasteiger partial charge on any atom is 0.241 e. The monoisotopic (exact) mass is 240 g/mol. The zero-order valence-electron chi connectivity index (χ0n) is 10.9. The number of hydrogen-bond acceptors (Lipinski definition) is 3. The molecule has 4 nitrogen and oxygen atoms in total. The SMILES string of the molecule is CCC1NC(CC)N(CCC2CCCO2)C1=O. The first-order valence-electron chi connectivity index (χ1n) is 6.94. The zero-order chi connectivity index (χ0) is 12.3. The predicted molar refractivity (Wildman–Crippen MR) is 66.6 cm³/mol. The summed E-state index contributed by atoms with van der Waals surface area (Å²) < 4.78 is 5.61. The molecule has 2 fully saturated rings. The van der Waals surface area contributed by atoms with E-state index in [0.717, 1.165) is 38.8 Å². The van der Waals surface area contributed by atoms with Crippen molar-refractivity contribution in [2.75, 3.05) is 13.2 Å². The number of nitrogens with zero attached hydrogens (tertiary/aromatic N) is 1. The maximum atomic E-state index is 12.1. The summed E-state index contributed by atoms with van der Waals surface area (Å²) in [5.74, 6) is 0.275.